The van der Waals surface area contributed by atoms with E-state index in [-0.39, 0.29) is 23.2 Å². The molecule has 3 aromatic heterocycles. The second kappa shape index (κ2) is 9.13. The van der Waals surface area contributed by atoms with Gasteiger partial charge in [0.1, 0.15) is 23.4 Å². The van der Waals surface area contributed by atoms with Gasteiger partial charge in [0.15, 0.2) is 15.6 Å². The van der Waals surface area contributed by atoms with Crippen LogP contribution in [0.1, 0.15) is 27.2 Å². The van der Waals surface area contributed by atoms with Gasteiger partial charge in [0, 0.05) is 47.5 Å². The van der Waals surface area contributed by atoms with E-state index < -0.39 is 15.8 Å². The maximum Gasteiger partial charge on any atom is 0.354 e. The minimum atomic E-state index is -3.51. The van der Waals surface area contributed by atoms with E-state index in [0.29, 0.717) is 41.4 Å². The lowest BCUT2D eigenvalue weighted by Crippen LogP contribution is -2.55. The lowest BCUT2D eigenvalue weighted by atomic mass is 10.1. The number of hydrogen-bond acceptors (Lipinski definition) is 8. The van der Waals surface area contributed by atoms with Gasteiger partial charge >= 0.3 is 5.97 Å². The van der Waals surface area contributed by atoms with Gasteiger partial charge < -0.3 is 24.3 Å². The van der Waals surface area contributed by atoms with Crippen LogP contribution < -0.4 is 9.64 Å². The molecular formula is C27H25N7O5S. The van der Waals surface area contributed by atoms with Crippen LogP contribution in [0.15, 0.2) is 47.8 Å². The van der Waals surface area contributed by atoms with Crippen molar-refractivity contribution in [3.05, 3.63) is 65.2 Å². The molecule has 204 valence electrons. The van der Waals surface area contributed by atoms with Crippen molar-refractivity contribution in [2.45, 2.75) is 24.5 Å². The molecular weight excluding hydrogens is 534 g/mol. The van der Waals surface area contributed by atoms with Crippen molar-refractivity contribution in [1.29, 1.82) is 5.26 Å². The van der Waals surface area contributed by atoms with Gasteiger partial charge in [-0.2, -0.15) is 10.4 Å². The number of ether oxygens (including phenoxy) is 1. The predicted molar refractivity (Wildman–Crippen MR) is 146 cm³/mol. The Morgan fingerprint density at radius 3 is 2.75 bits per heavy atom. The summed E-state index contributed by atoms with van der Waals surface area (Å²) in [7, 11) is -1.86. The molecule has 0 amide bonds. The van der Waals surface area contributed by atoms with Crippen LogP contribution in [0.5, 0.6) is 5.75 Å². The number of benzene rings is 2. The number of imidazole rings is 1. The third kappa shape index (κ3) is 4.13. The quantitative estimate of drug-likeness (QED) is 0.306. The maximum absolute atomic E-state index is 12.7. The van der Waals surface area contributed by atoms with Crippen molar-refractivity contribution >= 4 is 43.6 Å². The Morgan fingerprint density at radius 2 is 2.08 bits per heavy atom. The van der Waals surface area contributed by atoms with Crippen LogP contribution in [0.2, 0.25) is 0 Å². The number of sulfone groups is 1. The van der Waals surface area contributed by atoms with Crippen LogP contribution in [0, 0.1) is 18.3 Å². The number of carboxylic acids is 1. The Hall–Kier alpha value is -4.83. The molecule has 0 spiro atoms. The smallest absolute Gasteiger partial charge is 0.354 e. The van der Waals surface area contributed by atoms with Crippen LogP contribution in [0.3, 0.4) is 0 Å². The fraction of sp³-hybridized carbons (Fsp3) is 0.259. The highest BCUT2D eigenvalue weighted by Gasteiger charge is 2.33. The van der Waals surface area contributed by atoms with E-state index in [9.17, 15) is 23.6 Å². The van der Waals surface area contributed by atoms with E-state index >= 15 is 0 Å². The van der Waals surface area contributed by atoms with Gasteiger partial charge in [0.05, 0.1) is 36.3 Å². The van der Waals surface area contributed by atoms with E-state index in [2.05, 4.69) is 16.0 Å². The Kier molecular flexibility index (Phi) is 5.81. The summed E-state index contributed by atoms with van der Waals surface area (Å²) in [6, 6.07) is 9.18. The molecule has 0 bridgehead atoms. The summed E-state index contributed by atoms with van der Waals surface area (Å²) >= 11 is 0. The van der Waals surface area contributed by atoms with Gasteiger partial charge in [-0.15, -0.1) is 0 Å². The highest BCUT2D eigenvalue weighted by Crippen LogP contribution is 2.33. The second-order valence-electron chi connectivity index (χ2n) is 9.98. The zero-order valence-corrected chi connectivity index (χ0v) is 22.7. The molecule has 0 unspecified atom stereocenters. The molecule has 4 heterocycles. The number of aromatic amines is 1. The average Bonchev–Trinajstić information content (AvgIpc) is 3.60. The van der Waals surface area contributed by atoms with Crippen molar-refractivity contribution in [2.24, 2.45) is 7.05 Å². The van der Waals surface area contributed by atoms with Gasteiger partial charge in [-0.05, 0) is 36.8 Å². The number of carbonyl (C=O) groups is 1. The second-order valence-corrected chi connectivity index (χ2v) is 12.0. The monoisotopic (exact) mass is 559 g/mol. The number of hydrogen-bond donors (Lipinski definition) is 2. The van der Waals surface area contributed by atoms with Crippen molar-refractivity contribution in [2.75, 3.05) is 24.2 Å². The highest BCUT2D eigenvalue weighted by molar-refractivity contribution is 7.90. The molecule has 40 heavy (non-hydrogen) atoms. The summed E-state index contributed by atoms with van der Waals surface area (Å²) in [5, 5.41) is 25.3. The number of nitriles is 1. The molecule has 1 aliphatic rings. The standard InChI is InChI=1S/C27H25N7O5S/c1-15-8-22(40(3,37)38)20(19-6-7-29-23(15)19)14-34-11-17-5-4-16(9-28)25(24(17)31-34)39-18-12-33(13-18)27-30-10-21(26(35)36)32(27)2/h4-8,10-11,18,29H,12-14H2,1-3H3,(H,35,36). The average molecular weight is 560 g/mol. The number of H-pyrrole nitrogens is 1. The molecule has 1 aliphatic heterocycles. The topological polar surface area (TPSA) is 159 Å². The Balaban J connectivity index is 1.31. The van der Waals surface area contributed by atoms with Gasteiger partial charge in [-0.3, -0.25) is 4.68 Å². The third-order valence-corrected chi connectivity index (χ3v) is 8.39. The van der Waals surface area contributed by atoms with Crippen LogP contribution in [0.25, 0.3) is 21.8 Å². The number of nitrogens with one attached hydrogen (secondary N) is 1. The minimum absolute atomic E-state index is 0.0889. The zero-order valence-electron chi connectivity index (χ0n) is 21.9. The summed E-state index contributed by atoms with van der Waals surface area (Å²) in [6.07, 6.45) is 5.85. The fourth-order valence-corrected chi connectivity index (χ4v) is 6.24. The maximum atomic E-state index is 12.7. The first-order chi connectivity index (χ1) is 19.0. The predicted octanol–water partition coefficient (Wildman–Crippen LogP) is 2.85. The molecule has 0 saturated carbocycles. The van der Waals surface area contributed by atoms with E-state index in [1.165, 1.54) is 17.0 Å². The first-order valence-electron chi connectivity index (χ1n) is 12.4. The number of aryl methyl sites for hydroxylation is 1. The van der Waals surface area contributed by atoms with E-state index in [1.54, 1.807) is 36.1 Å². The minimum Gasteiger partial charge on any atom is -0.483 e. The number of aromatic nitrogens is 5. The summed E-state index contributed by atoms with van der Waals surface area (Å²) in [5.74, 6) is -0.174. The number of aromatic carboxylic acids is 1. The molecule has 13 heteroatoms. The molecule has 5 aromatic rings. The molecule has 12 nitrogen and oxygen atoms in total. The molecule has 1 saturated heterocycles. The van der Waals surface area contributed by atoms with E-state index in [1.807, 2.05) is 24.1 Å². The summed E-state index contributed by atoms with van der Waals surface area (Å²) in [4.78, 5) is 20.9. The SMILES string of the molecule is Cc1cc(S(C)(=O)=O)c(Cn2cc3ccc(C#N)c(OC4CN(c5ncc(C(=O)O)n5C)C4)c3n2)c2cc[nH]c12. The Labute approximate surface area is 228 Å². The Bertz CT molecular complexity index is 1970. The van der Waals surface area contributed by atoms with Crippen molar-refractivity contribution in [3.8, 4) is 11.8 Å². The molecule has 6 rings (SSSR count). The van der Waals surface area contributed by atoms with Gasteiger partial charge in [-0.1, -0.05) is 0 Å². The molecule has 0 atom stereocenters. The van der Waals surface area contributed by atoms with Crippen LogP contribution in [-0.4, -0.2) is 69.3 Å². The summed E-state index contributed by atoms with van der Waals surface area (Å²) in [6.45, 7) is 2.99. The number of carboxylic acid groups (broad SMARTS) is 1. The van der Waals surface area contributed by atoms with Gasteiger partial charge in [0.25, 0.3) is 0 Å². The molecule has 0 aliphatic carbocycles. The van der Waals surface area contributed by atoms with Gasteiger partial charge in [-0.25, -0.2) is 18.2 Å². The fourth-order valence-electron chi connectivity index (χ4n) is 5.23. The lowest BCUT2D eigenvalue weighted by Gasteiger charge is -2.39. The van der Waals surface area contributed by atoms with Gasteiger partial charge in [0.2, 0.25) is 5.95 Å². The lowest BCUT2D eigenvalue weighted by molar-refractivity contribution is 0.0686. The number of anilines is 1. The number of rotatable bonds is 7. The number of nitrogens with zero attached hydrogens (tertiary/aromatic N) is 6. The van der Waals surface area contributed by atoms with Crippen molar-refractivity contribution in [3.63, 3.8) is 0 Å². The summed E-state index contributed by atoms with van der Waals surface area (Å²) < 4.78 is 34.8. The first kappa shape index (κ1) is 25.4. The normalized spacial score (nSPS) is 14.0. The number of fused-ring (bicyclic) bond motifs is 2. The van der Waals surface area contributed by atoms with Crippen LogP contribution in [-0.2, 0) is 23.4 Å². The van der Waals surface area contributed by atoms with E-state index in [4.69, 9.17) is 9.84 Å². The van der Waals surface area contributed by atoms with Crippen molar-refractivity contribution in [1.82, 2.24) is 24.3 Å². The molecule has 1 fully saturated rings. The van der Waals surface area contributed by atoms with E-state index in [0.717, 1.165) is 21.9 Å². The first-order valence-corrected chi connectivity index (χ1v) is 14.3. The molecule has 0 radical (unpaired) electrons. The molecule has 2 N–H and O–H groups in total. The largest absolute Gasteiger partial charge is 0.483 e. The van der Waals surface area contributed by atoms with Crippen LogP contribution >= 0.6 is 0 Å². The van der Waals surface area contributed by atoms with Crippen LogP contribution in [0.4, 0.5) is 5.95 Å². The highest BCUT2D eigenvalue weighted by atomic mass is 32.2. The zero-order chi connectivity index (χ0) is 28.3. The summed E-state index contributed by atoms with van der Waals surface area (Å²) in [5.41, 5.74) is 3.26. The third-order valence-electron chi connectivity index (χ3n) is 7.23. The molecule has 2 aromatic carbocycles. The Morgan fingerprint density at radius 1 is 1.30 bits per heavy atom. The van der Waals surface area contributed by atoms with Crippen molar-refractivity contribution < 1.29 is 23.1 Å².